The summed E-state index contributed by atoms with van der Waals surface area (Å²) in [6.45, 7) is 3.60. The summed E-state index contributed by atoms with van der Waals surface area (Å²) in [5.41, 5.74) is 6.55. The van der Waals surface area contributed by atoms with E-state index in [0.29, 0.717) is 5.92 Å². The summed E-state index contributed by atoms with van der Waals surface area (Å²) in [4.78, 5) is 6.14. The Labute approximate surface area is 89.1 Å². The zero-order valence-corrected chi connectivity index (χ0v) is 8.69. The standard InChI is InChI=1S/C11H16FN3/c12-11-3-10(5-14-6-11)8-15-2-1-9(4-13)7-15/h3,5-6,9H,1-2,4,7-8,13H2. The van der Waals surface area contributed by atoms with Crippen LogP contribution < -0.4 is 5.73 Å². The third-order valence-electron chi connectivity index (χ3n) is 2.87. The molecule has 0 radical (unpaired) electrons. The van der Waals surface area contributed by atoms with Gasteiger partial charge in [-0.2, -0.15) is 0 Å². The molecule has 4 heteroatoms. The van der Waals surface area contributed by atoms with Crippen LogP contribution in [0.25, 0.3) is 0 Å². The van der Waals surface area contributed by atoms with Crippen LogP contribution in [0.5, 0.6) is 0 Å². The van der Waals surface area contributed by atoms with Crippen LogP contribution in [0.4, 0.5) is 4.39 Å². The summed E-state index contributed by atoms with van der Waals surface area (Å²) in [5, 5.41) is 0. The first-order valence-electron chi connectivity index (χ1n) is 5.30. The maximum Gasteiger partial charge on any atom is 0.141 e. The van der Waals surface area contributed by atoms with Crippen LogP contribution in [0.3, 0.4) is 0 Å². The lowest BCUT2D eigenvalue weighted by molar-refractivity contribution is 0.317. The fraction of sp³-hybridized carbons (Fsp3) is 0.545. The van der Waals surface area contributed by atoms with Crippen molar-refractivity contribution in [2.45, 2.75) is 13.0 Å². The Balaban J connectivity index is 1.92. The number of hydrogen-bond acceptors (Lipinski definition) is 3. The van der Waals surface area contributed by atoms with Gasteiger partial charge in [0.2, 0.25) is 0 Å². The van der Waals surface area contributed by atoms with Crippen LogP contribution in [0.2, 0.25) is 0 Å². The SMILES string of the molecule is NCC1CCN(Cc2cncc(F)c2)C1. The molecule has 0 aliphatic carbocycles. The Morgan fingerprint density at radius 1 is 1.53 bits per heavy atom. The first kappa shape index (κ1) is 10.5. The van der Waals surface area contributed by atoms with Gasteiger partial charge in [0.1, 0.15) is 5.82 Å². The Kier molecular flexibility index (Phi) is 3.28. The van der Waals surface area contributed by atoms with Crippen molar-refractivity contribution in [2.75, 3.05) is 19.6 Å². The van der Waals surface area contributed by atoms with Crippen LogP contribution in [0.1, 0.15) is 12.0 Å². The van der Waals surface area contributed by atoms with Crippen LogP contribution >= 0.6 is 0 Å². The maximum absolute atomic E-state index is 12.9. The molecule has 1 aromatic rings. The van der Waals surface area contributed by atoms with Crippen molar-refractivity contribution in [1.82, 2.24) is 9.88 Å². The van der Waals surface area contributed by atoms with E-state index in [1.807, 2.05) is 0 Å². The lowest BCUT2D eigenvalue weighted by Crippen LogP contribution is -2.22. The molecule has 1 atom stereocenters. The van der Waals surface area contributed by atoms with Gasteiger partial charge in [0, 0.05) is 19.3 Å². The van der Waals surface area contributed by atoms with Gasteiger partial charge < -0.3 is 5.73 Å². The summed E-state index contributed by atoms with van der Waals surface area (Å²) < 4.78 is 12.9. The fourth-order valence-electron chi connectivity index (χ4n) is 2.05. The number of hydrogen-bond donors (Lipinski definition) is 1. The number of rotatable bonds is 3. The van der Waals surface area contributed by atoms with Gasteiger partial charge in [0.15, 0.2) is 0 Å². The molecule has 0 bridgehead atoms. The molecule has 1 fully saturated rings. The molecule has 2 N–H and O–H groups in total. The normalized spacial score (nSPS) is 22.1. The quantitative estimate of drug-likeness (QED) is 0.807. The van der Waals surface area contributed by atoms with Crippen LogP contribution in [-0.4, -0.2) is 29.5 Å². The molecule has 82 valence electrons. The maximum atomic E-state index is 12.9. The highest BCUT2D eigenvalue weighted by Gasteiger charge is 2.20. The summed E-state index contributed by atoms with van der Waals surface area (Å²) in [6.07, 6.45) is 4.11. The lowest BCUT2D eigenvalue weighted by Gasteiger charge is -2.15. The first-order chi connectivity index (χ1) is 7.28. The van der Waals surface area contributed by atoms with Crippen molar-refractivity contribution in [3.05, 3.63) is 29.8 Å². The Bertz CT molecular complexity index is 329. The molecule has 1 unspecified atom stereocenters. The second-order valence-corrected chi connectivity index (χ2v) is 4.14. The molecule has 1 aliphatic heterocycles. The van der Waals surface area contributed by atoms with Crippen molar-refractivity contribution in [3.8, 4) is 0 Å². The monoisotopic (exact) mass is 209 g/mol. The van der Waals surface area contributed by atoms with E-state index in [4.69, 9.17) is 5.73 Å². The molecule has 15 heavy (non-hydrogen) atoms. The van der Waals surface area contributed by atoms with E-state index in [9.17, 15) is 4.39 Å². The highest BCUT2D eigenvalue weighted by Crippen LogP contribution is 2.17. The van der Waals surface area contributed by atoms with Crippen molar-refractivity contribution >= 4 is 0 Å². The largest absolute Gasteiger partial charge is 0.330 e. The highest BCUT2D eigenvalue weighted by molar-refractivity contribution is 5.10. The van der Waals surface area contributed by atoms with Gasteiger partial charge >= 0.3 is 0 Å². The smallest absolute Gasteiger partial charge is 0.141 e. The van der Waals surface area contributed by atoms with E-state index in [-0.39, 0.29) is 5.82 Å². The lowest BCUT2D eigenvalue weighted by atomic mass is 10.1. The van der Waals surface area contributed by atoms with E-state index in [0.717, 1.165) is 38.2 Å². The van der Waals surface area contributed by atoms with Gasteiger partial charge in [-0.05, 0) is 37.1 Å². The van der Waals surface area contributed by atoms with Crippen molar-refractivity contribution in [3.63, 3.8) is 0 Å². The minimum Gasteiger partial charge on any atom is -0.330 e. The Morgan fingerprint density at radius 3 is 3.07 bits per heavy atom. The minimum atomic E-state index is -0.262. The molecule has 0 amide bonds. The number of aromatic nitrogens is 1. The highest BCUT2D eigenvalue weighted by atomic mass is 19.1. The predicted octanol–water partition coefficient (Wildman–Crippen LogP) is 1.00. The van der Waals surface area contributed by atoms with E-state index >= 15 is 0 Å². The first-order valence-corrected chi connectivity index (χ1v) is 5.30. The van der Waals surface area contributed by atoms with E-state index in [1.54, 1.807) is 12.3 Å². The molecule has 0 saturated carbocycles. The number of nitrogens with zero attached hydrogens (tertiary/aromatic N) is 2. The van der Waals surface area contributed by atoms with E-state index < -0.39 is 0 Å². The fourth-order valence-corrected chi connectivity index (χ4v) is 2.05. The van der Waals surface area contributed by atoms with Gasteiger partial charge in [-0.25, -0.2) is 4.39 Å². The van der Waals surface area contributed by atoms with Crippen LogP contribution in [0, 0.1) is 11.7 Å². The molecule has 2 rings (SSSR count). The van der Waals surface area contributed by atoms with Crippen molar-refractivity contribution in [1.29, 1.82) is 0 Å². The van der Waals surface area contributed by atoms with E-state index in [1.165, 1.54) is 6.20 Å². The third-order valence-corrected chi connectivity index (χ3v) is 2.87. The zero-order chi connectivity index (χ0) is 10.7. The third kappa shape index (κ3) is 2.73. The average molecular weight is 209 g/mol. The summed E-state index contributed by atoms with van der Waals surface area (Å²) in [5.74, 6) is 0.341. The number of nitrogens with two attached hydrogens (primary N) is 1. The van der Waals surface area contributed by atoms with Crippen LogP contribution in [0.15, 0.2) is 18.5 Å². The Hall–Kier alpha value is -1.00. The van der Waals surface area contributed by atoms with E-state index in [2.05, 4.69) is 9.88 Å². The van der Waals surface area contributed by atoms with Crippen molar-refractivity contribution in [2.24, 2.45) is 11.7 Å². The summed E-state index contributed by atoms with van der Waals surface area (Å²) in [7, 11) is 0. The molecule has 1 aliphatic rings. The molecule has 3 nitrogen and oxygen atoms in total. The summed E-state index contributed by atoms with van der Waals surface area (Å²) in [6, 6.07) is 1.54. The van der Waals surface area contributed by atoms with Crippen molar-refractivity contribution < 1.29 is 4.39 Å². The topological polar surface area (TPSA) is 42.1 Å². The second kappa shape index (κ2) is 4.68. The molecule has 1 saturated heterocycles. The number of pyridine rings is 1. The number of halogens is 1. The van der Waals surface area contributed by atoms with Gasteiger partial charge in [-0.15, -0.1) is 0 Å². The molecular formula is C11H16FN3. The molecule has 0 aromatic carbocycles. The molecule has 2 heterocycles. The Morgan fingerprint density at radius 2 is 2.40 bits per heavy atom. The minimum absolute atomic E-state index is 0.262. The molecule has 1 aromatic heterocycles. The van der Waals surface area contributed by atoms with Gasteiger partial charge in [0.05, 0.1) is 6.20 Å². The summed E-state index contributed by atoms with van der Waals surface area (Å²) >= 11 is 0. The molecule has 0 spiro atoms. The predicted molar refractivity (Wildman–Crippen MR) is 56.6 cm³/mol. The van der Waals surface area contributed by atoms with Gasteiger partial charge in [0.25, 0.3) is 0 Å². The average Bonchev–Trinajstić information content (AvgIpc) is 2.65. The second-order valence-electron chi connectivity index (χ2n) is 4.14. The zero-order valence-electron chi connectivity index (χ0n) is 8.69. The number of likely N-dealkylation sites (tertiary alicyclic amines) is 1. The van der Waals surface area contributed by atoms with Gasteiger partial charge in [-0.3, -0.25) is 9.88 Å². The van der Waals surface area contributed by atoms with Crippen LogP contribution in [-0.2, 0) is 6.54 Å². The van der Waals surface area contributed by atoms with Gasteiger partial charge in [-0.1, -0.05) is 0 Å². The molecular weight excluding hydrogens is 193 g/mol.